The summed E-state index contributed by atoms with van der Waals surface area (Å²) in [5.41, 5.74) is 0.0328. The Kier molecular flexibility index (Phi) is 6.28. The smallest absolute Gasteiger partial charge is 0.341 e. The lowest BCUT2D eigenvalue weighted by Crippen LogP contribution is -2.47. The van der Waals surface area contributed by atoms with Gasteiger partial charge in [0.05, 0.1) is 12.6 Å². The molecule has 4 rings (SSSR count). The van der Waals surface area contributed by atoms with Crippen molar-refractivity contribution in [2.75, 3.05) is 26.8 Å². The number of carboxylic acid groups (broad SMARTS) is 1. The third kappa shape index (κ3) is 4.12. The van der Waals surface area contributed by atoms with Crippen molar-refractivity contribution >= 4 is 11.9 Å². The molecule has 0 aliphatic carbocycles. The van der Waals surface area contributed by atoms with E-state index < -0.39 is 34.7 Å². The number of carboxylic acids is 1. The number of hydrogen-bond acceptors (Lipinski definition) is 5. The third-order valence-electron chi connectivity index (χ3n) is 5.96. The van der Waals surface area contributed by atoms with E-state index in [1.807, 2.05) is 60.7 Å². The number of aromatic hydroxyl groups is 1. The highest BCUT2D eigenvalue weighted by molar-refractivity contribution is 5.97. The van der Waals surface area contributed by atoms with Crippen LogP contribution in [0.15, 0.2) is 71.7 Å². The molecule has 1 unspecified atom stereocenters. The molecule has 0 saturated carbocycles. The van der Waals surface area contributed by atoms with Crippen LogP contribution >= 0.6 is 0 Å². The molecule has 1 atom stereocenters. The Labute approximate surface area is 190 Å². The van der Waals surface area contributed by atoms with Crippen LogP contribution in [-0.4, -0.2) is 58.4 Å². The van der Waals surface area contributed by atoms with Crippen molar-refractivity contribution in [1.29, 1.82) is 0 Å². The van der Waals surface area contributed by atoms with Gasteiger partial charge in [0, 0.05) is 32.3 Å². The van der Waals surface area contributed by atoms with Gasteiger partial charge >= 0.3 is 5.97 Å². The van der Waals surface area contributed by atoms with E-state index in [2.05, 4.69) is 0 Å². The van der Waals surface area contributed by atoms with E-state index in [0.29, 0.717) is 0 Å². The Hall–Kier alpha value is -3.91. The number of methoxy groups -OCH3 is 1. The number of aromatic nitrogens is 1. The van der Waals surface area contributed by atoms with Crippen LogP contribution in [0.2, 0.25) is 0 Å². The first-order valence-electron chi connectivity index (χ1n) is 10.5. The summed E-state index contributed by atoms with van der Waals surface area (Å²) in [6.45, 7) is 0.777. The minimum Gasteiger partial charge on any atom is -0.503 e. The molecule has 0 spiro atoms. The summed E-state index contributed by atoms with van der Waals surface area (Å²) < 4.78 is 6.60. The lowest BCUT2D eigenvalue weighted by molar-refractivity contribution is 0.0576. The van der Waals surface area contributed by atoms with Crippen molar-refractivity contribution < 1.29 is 24.5 Å². The van der Waals surface area contributed by atoms with Gasteiger partial charge < -0.3 is 24.4 Å². The van der Waals surface area contributed by atoms with Crippen LogP contribution in [0, 0.1) is 0 Å². The van der Waals surface area contributed by atoms with E-state index in [0.717, 1.165) is 11.1 Å². The van der Waals surface area contributed by atoms with Gasteiger partial charge in [0.1, 0.15) is 5.56 Å². The second kappa shape index (κ2) is 9.30. The van der Waals surface area contributed by atoms with E-state index in [9.17, 15) is 24.6 Å². The molecule has 8 nitrogen and oxygen atoms in total. The standard InChI is InChI=1S/C25H24N2O6/c1-33-13-12-26-15-19(20(16-8-4-2-5-9-16)17-10-6-3-7-11-17)27-14-18(25(31)32)22(28)23(29)21(27)24(26)30/h2-11,14,19-20,29H,12-13,15H2,1H3,(H,31,32). The van der Waals surface area contributed by atoms with E-state index in [1.165, 1.54) is 22.8 Å². The van der Waals surface area contributed by atoms with Crippen molar-refractivity contribution in [2.45, 2.75) is 12.0 Å². The molecule has 33 heavy (non-hydrogen) atoms. The number of amides is 1. The number of nitrogens with zero attached hydrogens (tertiary/aromatic N) is 2. The number of ether oxygens (including phenoxy) is 1. The molecule has 8 heteroatoms. The maximum Gasteiger partial charge on any atom is 0.341 e. The molecule has 0 saturated heterocycles. The van der Waals surface area contributed by atoms with Gasteiger partial charge in [-0.1, -0.05) is 60.7 Å². The summed E-state index contributed by atoms with van der Waals surface area (Å²) in [5, 5.41) is 20.2. The van der Waals surface area contributed by atoms with Crippen molar-refractivity contribution in [1.82, 2.24) is 9.47 Å². The first kappa shape index (κ1) is 22.3. The third-order valence-corrected chi connectivity index (χ3v) is 5.96. The minimum atomic E-state index is -1.46. The van der Waals surface area contributed by atoms with Crippen LogP contribution in [0.4, 0.5) is 0 Å². The highest BCUT2D eigenvalue weighted by atomic mass is 16.5. The predicted octanol–water partition coefficient (Wildman–Crippen LogP) is 2.73. The maximum atomic E-state index is 13.2. The highest BCUT2D eigenvalue weighted by Crippen LogP contribution is 2.40. The topological polar surface area (TPSA) is 109 Å². The van der Waals surface area contributed by atoms with Crippen LogP contribution in [-0.2, 0) is 4.74 Å². The number of pyridine rings is 1. The van der Waals surface area contributed by atoms with Gasteiger partial charge in [-0.25, -0.2) is 4.79 Å². The Morgan fingerprint density at radius 2 is 1.64 bits per heavy atom. The van der Waals surface area contributed by atoms with E-state index in [-0.39, 0.29) is 31.3 Å². The van der Waals surface area contributed by atoms with Gasteiger partial charge in [0.2, 0.25) is 5.43 Å². The van der Waals surface area contributed by atoms with E-state index in [4.69, 9.17) is 4.74 Å². The fourth-order valence-corrected chi connectivity index (χ4v) is 4.41. The minimum absolute atomic E-state index is 0.214. The summed E-state index contributed by atoms with van der Waals surface area (Å²) in [6.07, 6.45) is 1.18. The molecule has 1 aliphatic heterocycles. The normalized spacial score (nSPS) is 15.5. The molecule has 0 radical (unpaired) electrons. The van der Waals surface area contributed by atoms with Crippen molar-refractivity contribution in [3.8, 4) is 5.75 Å². The van der Waals surface area contributed by atoms with Crippen LogP contribution in [0.25, 0.3) is 0 Å². The quantitative estimate of drug-likeness (QED) is 0.575. The first-order chi connectivity index (χ1) is 15.9. The van der Waals surface area contributed by atoms with Crippen LogP contribution < -0.4 is 5.43 Å². The summed E-state index contributed by atoms with van der Waals surface area (Å²) in [4.78, 5) is 39.0. The van der Waals surface area contributed by atoms with Crippen molar-refractivity contribution in [3.63, 3.8) is 0 Å². The lowest BCUT2D eigenvalue weighted by Gasteiger charge is -2.40. The Bertz CT molecular complexity index is 1180. The van der Waals surface area contributed by atoms with Gasteiger partial charge in [-0.05, 0) is 11.1 Å². The zero-order chi connectivity index (χ0) is 23.5. The molecule has 2 N–H and O–H groups in total. The molecule has 0 bridgehead atoms. The van der Waals surface area contributed by atoms with Crippen molar-refractivity contribution in [3.05, 3.63) is 99.5 Å². The van der Waals surface area contributed by atoms with E-state index in [1.54, 1.807) is 0 Å². The summed E-state index contributed by atoms with van der Waals surface area (Å²) in [5.74, 6) is -3.15. The summed E-state index contributed by atoms with van der Waals surface area (Å²) in [6, 6.07) is 18.8. The number of hydrogen-bond donors (Lipinski definition) is 2. The largest absolute Gasteiger partial charge is 0.503 e. The molecule has 2 heterocycles. The zero-order valence-corrected chi connectivity index (χ0v) is 18.0. The first-order valence-corrected chi connectivity index (χ1v) is 10.5. The molecule has 0 fully saturated rings. The number of aromatic carboxylic acids is 1. The molecule has 3 aromatic rings. The second-order valence-corrected chi connectivity index (χ2v) is 7.89. The fourth-order valence-electron chi connectivity index (χ4n) is 4.41. The highest BCUT2D eigenvalue weighted by Gasteiger charge is 2.39. The molecule has 1 aromatic heterocycles. The van der Waals surface area contributed by atoms with Gasteiger partial charge in [-0.15, -0.1) is 0 Å². The Balaban J connectivity index is 1.97. The lowest BCUT2D eigenvalue weighted by atomic mass is 9.83. The van der Waals surface area contributed by atoms with Crippen LogP contribution in [0.1, 0.15) is 43.9 Å². The van der Waals surface area contributed by atoms with Gasteiger partial charge in [-0.3, -0.25) is 9.59 Å². The molecular weight excluding hydrogens is 424 g/mol. The Morgan fingerprint density at radius 1 is 1.06 bits per heavy atom. The SMILES string of the molecule is COCCN1CC(C(c2ccccc2)c2ccccc2)n2cc(C(=O)O)c(=O)c(O)c2C1=O. The fraction of sp³-hybridized carbons (Fsp3) is 0.240. The summed E-state index contributed by atoms with van der Waals surface area (Å²) in [7, 11) is 1.53. The van der Waals surface area contributed by atoms with E-state index >= 15 is 0 Å². The number of carbonyl (C=O) groups is 2. The number of carbonyl (C=O) groups excluding carboxylic acids is 1. The molecule has 1 aliphatic rings. The number of benzene rings is 2. The summed E-state index contributed by atoms with van der Waals surface area (Å²) >= 11 is 0. The van der Waals surface area contributed by atoms with Gasteiger partial charge in [-0.2, -0.15) is 0 Å². The van der Waals surface area contributed by atoms with Crippen LogP contribution in [0.5, 0.6) is 5.75 Å². The maximum absolute atomic E-state index is 13.2. The monoisotopic (exact) mass is 448 g/mol. The number of rotatable bonds is 7. The average molecular weight is 448 g/mol. The predicted molar refractivity (Wildman–Crippen MR) is 121 cm³/mol. The Morgan fingerprint density at radius 3 is 2.15 bits per heavy atom. The van der Waals surface area contributed by atoms with Crippen LogP contribution in [0.3, 0.4) is 0 Å². The van der Waals surface area contributed by atoms with Crippen molar-refractivity contribution in [2.24, 2.45) is 0 Å². The number of fused-ring (bicyclic) bond motifs is 1. The zero-order valence-electron chi connectivity index (χ0n) is 18.0. The van der Waals surface area contributed by atoms with Gasteiger partial charge in [0.25, 0.3) is 5.91 Å². The molecule has 170 valence electrons. The molecular formula is C25H24N2O6. The average Bonchev–Trinajstić information content (AvgIpc) is 2.83. The molecule has 1 amide bonds. The molecule has 2 aromatic carbocycles. The second-order valence-electron chi connectivity index (χ2n) is 7.89. The van der Waals surface area contributed by atoms with Gasteiger partial charge in [0.15, 0.2) is 11.4 Å².